The number of aryl methyl sites for hydroxylation is 1. The summed E-state index contributed by atoms with van der Waals surface area (Å²) in [5.41, 5.74) is 4.51. The summed E-state index contributed by atoms with van der Waals surface area (Å²) >= 11 is 13.9. The largest absolute Gasteiger partial charge is 0.338 e. The molecule has 4 heterocycles. The highest BCUT2D eigenvalue weighted by molar-refractivity contribution is 7.99. The number of carbonyl (C=O) groups excluding carboxylic acids is 4. The monoisotopic (exact) mass is 966 g/mol. The Balaban J connectivity index is 0.000000871. The van der Waals surface area contributed by atoms with E-state index in [0.29, 0.717) is 46.8 Å². The average molecular weight is 968 g/mol. The van der Waals surface area contributed by atoms with Crippen LogP contribution in [0.5, 0.6) is 0 Å². The van der Waals surface area contributed by atoms with Crippen molar-refractivity contribution in [2.75, 3.05) is 30.7 Å². The minimum absolute atomic E-state index is 0.0492. The molecule has 3 aliphatic heterocycles. The van der Waals surface area contributed by atoms with Crippen molar-refractivity contribution in [3.63, 3.8) is 0 Å². The van der Waals surface area contributed by atoms with Gasteiger partial charge < -0.3 is 10.2 Å². The lowest BCUT2D eigenvalue weighted by Crippen LogP contribution is -2.57. The first-order valence-electron chi connectivity index (χ1n) is 23.5. The van der Waals surface area contributed by atoms with E-state index in [0.717, 1.165) is 59.9 Å². The van der Waals surface area contributed by atoms with Crippen LogP contribution in [0.25, 0.3) is 11.0 Å². The molecule has 0 aliphatic carbocycles. The molecular formula is C53H64Cl2N6O5S. The maximum absolute atomic E-state index is 14.4. The van der Waals surface area contributed by atoms with E-state index in [9.17, 15) is 24.0 Å². The number of thioether (sulfide) groups is 1. The number of aromatic nitrogens is 2. The van der Waals surface area contributed by atoms with Crippen molar-refractivity contribution >= 4 is 75.3 Å². The molecule has 0 bridgehead atoms. The lowest BCUT2D eigenvalue weighted by atomic mass is 9.71. The Morgan fingerprint density at radius 2 is 1.51 bits per heavy atom. The van der Waals surface area contributed by atoms with E-state index >= 15 is 0 Å². The van der Waals surface area contributed by atoms with E-state index in [1.807, 2.05) is 85.4 Å². The van der Waals surface area contributed by atoms with Crippen LogP contribution < -0.4 is 16.3 Å². The minimum atomic E-state index is -0.875. The Morgan fingerprint density at radius 3 is 2.13 bits per heavy atom. The highest BCUT2D eigenvalue weighted by Crippen LogP contribution is 2.44. The van der Waals surface area contributed by atoms with Crippen LogP contribution in [-0.4, -0.2) is 79.2 Å². The number of nitrogens with one attached hydrogen (secondary N) is 2. The standard InChI is InChI=1S/C47H59ClN6O5S.C6H5Cl/c1-29(2)41(28-60-30(3)4)53-27-35(33-8-7-9-36(48)22-33)24-47(5,45(53)58)25-43(56)49-37-13-10-31(11-14-37)26-52-20-18-32(19-21-52)34-12-15-38-40(23-34)51(6)46(59)54(38)39-16-17-42(55)50-44(39)57;7-6-4-2-1-3-5-6/h7-15,22-23,29-30,32,35,39,41H,16-21,24-28H2,1-6H3,(H,49,56)(H,50,55,57);1-5H/t35?,39?,41-,47?;/m1./s1. The average Bonchev–Trinajstić information content (AvgIpc) is 3.53. The Morgan fingerprint density at radius 1 is 0.821 bits per heavy atom. The number of imide groups is 1. The fraction of sp³-hybridized carbons (Fsp3) is 0.453. The molecule has 3 fully saturated rings. The molecule has 0 saturated carbocycles. The molecule has 11 nitrogen and oxygen atoms in total. The van der Waals surface area contributed by atoms with Crippen LogP contribution in [0.1, 0.15) is 108 Å². The van der Waals surface area contributed by atoms with Gasteiger partial charge >= 0.3 is 5.69 Å². The van der Waals surface area contributed by atoms with Crippen molar-refractivity contribution in [2.45, 2.75) is 109 Å². The number of rotatable bonds is 13. The SMILES string of the molecule is CC(C)SC[C@H](C(C)C)N1CC(c2cccc(Cl)c2)CC(C)(CC(=O)Nc2ccc(CN3CCC(c4ccc5c(c4)n(C)c(=O)n5C4CCC(=O)NC4=O)CC3)cc2)C1=O.Clc1ccccc1. The molecule has 67 heavy (non-hydrogen) atoms. The molecule has 356 valence electrons. The number of amides is 4. The van der Waals surface area contributed by atoms with Gasteiger partial charge in [-0.2, -0.15) is 11.8 Å². The molecule has 14 heteroatoms. The summed E-state index contributed by atoms with van der Waals surface area (Å²) in [6.45, 7) is 13.9. The predicted molar refractivity (Wildman–Crippen MR) is 272 cm³/mol. The van der Waals surface area contributed by atoms with E-state index in [4.69, 9.17) is 23.2 Å². The maximum Gasteiger partial charge on any atom is 0.329 e. The molecule has 4 atom stereocenters. The summed E-state index contributed by atoms with van der Waals surface area (Å²) in [6, 6.07) is 30.8. The molecule has 3 saturated heterocycles. The third-order valence-electron chi connectivity index (χ3n) is 13.6. The van der Waals surface area contributed by atoms with Crippen LogP contribution in [-0.2, 0) is 32.8 Å². The smallest absolute Gasteiger partial charge is 0.329 e. The van der Waals surface area contributed by atoms with Crippen molar-refractivity contribution in [3.8, 4) is 0 Å². The molecule has 5 aromatic rings. The van der Waals surface area contributed by atoms with E-state index in [-0.39, 0.29) is 54.1 Å². The number of hydrogen-bond donors (Lipinski definition) is 2. The number of piperidine rings is 3. The molecule has 2 N–H and O–H groups in total. The second-order valence-corrected chi connectivity index (χ2v) is 21.8. The van der Waals surface area contributed by atoms with Crippen LogP contribution in [0.2, 0.25) is 10.0 Å². The van der Waals surface area contributed by atoms with Gasteiger partial charge in [-0.25, -0.2) is 4.79 Å². The molecule has 4 aromatic carbocycles. The summed E-state index contributed by atoms with van der Waals surface area (Å²) < 4.78 is 3.13. The second kappa shape index (κ2) is 22.0. The second-order valence-electron chi connectivity index (χ2n) is 19.4. The summed E-state index contributed by atoms with van der Waals surface area (Å²) in [5.74, 6) is 0.667. The van der Waals surface area contributed by atoms with E-state index in [1.54, 1.807) is 11.6 Å². The number of halogens is 2. The summed E-state index contributed by atoms with van der Waals surface area (Å²) in [5, 5.41) is 7.39. The normalized spacial score (nSPS) is 21.0. The number of carbonyl (C=O) groups is 4. The van der Waals surface area contributed by atoms with Crippen molar-refractivity contribution < 1.29 is 19.2 Å². The Kier molecular flexibility index (Phi) is 16.4. The zero-order chi connectivity index (χ0) is 48.0. The third kappa shape index (κ3) is 12.2. The first-order chi connectivity index (χ1) is 32.0. The zero-order valence-corrected chi connectivity index (χ0v) is 41.8. The van der Waals surface area contributed by atoms with Crippen molar-refractivity contribution in [1.29, 1.82) is 0 Å². The Bertz CT molecular complexity index is 2610. The molecule has 3 aliphatic rings. The fourth-order valence-corrected chi connectivity index (χ4v) is 11.4. The van der Waals surface area contributed by atoms with Crippen LogP contribution in [0.4, 0.5) is 5.69 Å². The predicted octanol–water partition coefficient (Wildman–Crippen LogP) is 10.2. The molecule has 0 radical (unpaired) electrons. The topological polar surface area (TPSA) is 126 Å². The number of imidazole rings is 1. The molecule has 4 amide bonds. The van der Waals surface area contributed by atoms with Crippen LogP contribution in [0.3, 0.4) is 0 Å². The lowest BCUT2D eigenvalue weighted by molar-refractivity contribution is -0.152. The van der Waals surface area contributed by atoms with Gasteiger partial charge in [0, 0.05) is 66.4 Å². The van der Waals surface area contributed by atoms with Crippen molar-refractivity contribution in [1.82, 2.24) is 24.3 Å². The van der Waals surface area contributed by atoms with Gasteiger partial charge in [0.05, 0.1) is 16.4 Å². The highest BCUT2D eigenvalue weighted by atomic mass is 35.5. The van der Waals surface area contributed by atoms with Crippen LogP contribution >= 0.6 is 35.0 Å². The zero-order valence-electron chi connectivity index (χ0n) is 39.5. The van der Waals surface area contributed by atoms with Gasteiger partial charge in [0.15, 0.2) is 0 Å². The number of benzene rings is 4. The molecule has 8 rings (SSSR count). The van der Waals surface area contributed by atoms with E-state index < -0.39 is 17.4 Å². The fourth-order valence-electron chi connectivity index (χ4n) is 9.93. The Labute approximate surface area is 408 Å². The summed E-state index contributed by atoms with van der Waals surface area (Å²) in [4.78, 5) is 70.3. The first-order valence-corrected chi connectivity index (χ1v) is 25.3. The minimum Gasteiger partial charge on any atom is -0.338 e. The number of nitrogens with zero attached hydrogens (tertiary/aromatic N) is 4. The maximum atomic E-state index is 14.4. The quantitative estimate of drug-likeness (QED) is 0.113. The lowest BCUT2D eigenvalue weighted by Gasteiger charge is -2.47. The van der Waals surface area contributed by atoms with Crippen LogP contribution in [0.15, 0.2) is 102 Å². The van der Waals surface area contributed by atoms with Gasteiger partial charge in [-0.3, -0.25) is 38.5 Å². The third-order valence-corrected chi connectivity index (χ3v) is 15.3. The molecule has 3 unspecified atom stereocenters. The van der Waals surface area contributed by atoms with E-state index in [2.05, 4.69) is 78.5 Å². The number of likely N-dealkylation sites (tertiary alicyclic amines) is 2. The molecule has 1 aromatic heterocycles. The molecular weight excluding hydrogens is 904 g/mol. The highest BCUT2D eigenvalue weighted by Gasteiger charge is 2.48. The van der Waals surface area contributed by atoms with Crippen LogP contribution in [0, 0.1) is 11.3 Å². The van der Waals surface area contributed by atoms with Gasteiger partial charge in [-0.05, 0) is 121 Å². The van der Waals surface area contributed by atoms with Gasteiger partial charge in [-0.1, -0.05) is 106 Å². The first kappa shape index (κ1) is 50.0. The Hall–Kier alpha value is -4.88. The molecule has 0 spiro atoms. The van der Waals surface area contributed by atoms with Gasteiger partial charge in [0.2, 0.25) is 23.6 Å². The van der Waals surface area contributed by atoms with Gasteiger partial charge in [0.1, 0.15) is 6.04 Å². The van der Waals surface area contributed by atoms with Gasteiger partial charge in [-0.15, -0.1) is 0 Å². The van der Waals surface area contributed by atoms with Crippen molar-refractivity contribution in [3.05, 3.63) is 134 Å². The van der Waals surface area contributed by atoms with E-state index in [1.165, 1.54) is 10.1 Å². The number of fused-ring (bicyclic) bond motifs is 1. The van der Waals surface area contributed by atoms with Crippen molar-refractivity contribution in [2.24, 2.45) is 18.4 Å². The summed E-state index contributed by atoms with van der Waals surface area (Å²) in [6.07, 6.45) is 3.13. The van der Waals surface area contributed by atoms with Gasteiger partial charge in [0.25, 0.3) is 0 Å². The summed E-state index contributed by atoms with van der Waals surface area (Å²) in [7, 11) is 1.73. The number of hydrogen-bond acceptors (Lipinski definition) is 7. The number of anilines is 1.